The van der Waals surface area contributed by atoms with E-state index in [9.17, 15) is 0 Å². The van der Waals surface area contributed by atoms with Gasteiger partial charge in [0.1, 0.15) is 11.2 Å². The Morgan fingerprint density at radius 2 is 1.12 bits per heavy atom. The molecule has 0 aliphatic carbocycles. The van der Waals surface area contributed by atoms with E-state index in [1.165, 1.54) is 59.8 Å². The first-order valence-electron chi connectivity index (χ1n) is 14.4. The smallest absolute Gasteiger partial charge is 0.143 e. The fourth-order valence-electron chi connectivity index (χ4n) is 7.29. The summed E-state index contributed by atoms with van der Waals surface area (Å²) in [6.45, 7) is 0. The number of para-hydroxylation sites is 3. The van der Waals surface area contributed by atoms with Crippen LogP contribution in [0.25, 0.3) is 92.9 Å². The molecular formula is C40H23NO. The maximum atomic E-state index is 6.41. The highest BCUT2D eigenvalue weighted by Gasteiger charge is 2.18. The van der Waals surface area contributed by atoms with E-state index in [4.69, 9.17) is 4.42 Å². The van der Waals surface area contributed by atoms with Gasteiger partial charge in [-0.05, 0) is 62.8 Å². The summed E-state index contributed by atoms with van der Waals surface area (Å²) in [4.78, 5) is 0. The van der Waals surface area contributed by atoms with Gasteiger partial charge in [0.05, 0.1) is 16.7 Å². The SMILES string of the molecule is c1cc2ccc3ccc(-n4c5ccccc5c5cc(-c6cccc7c6oc6ccccc67)ccc54)c4ccc(c1)c2c34. The van der Waals surface area contributed by atoms with Crippen LogP contribution in [0.1, 0.15) is 0 Å². The molecule has 0 atom stereocenters. The summed E-state index contributed by atoms with van der Waals surface area (Å²) in [6.07, 6.45) is 0. The summed E-state index contributed by atoms with van der Waals surface area (Å²) in [6, 6.07) is 50.6. The number of rotatable bonds is 2. The van der Waals surface area contributed by atoms with Crippen LogP contribution in [0.3, 0.4) is 0 Å². The molecule has 0 spiro atoms. The number of nitrogens with zero attached hydrogens (tertiary/aromatic N) is 1. The van der Waals surface area contributed by atoms with Gasteiger partial charge in [-0.2, -0.15) is 0 Å². The predicted molar refractivity (Wildman–Crippen MR) is 177 cm³/mol. The zero-order valence-electron chi connectivity index (χ0n) is 22.6. The monoisotopic (exact) mass is 533 g/mol. The molecule has 2 heterocycles. The third-order valence-electron chi connectivity index (χ3n) is 9.13. The number of benzene rings is 8. The Balaban J connectivity index is 1.28. The minimum atomic E-state index is 0.923. The molecule has 0 aliphatic heterocycles. The highest BCUT2D eigenvalue weighted by atomic mass is 16.3. The molecule has 2 aromatic heterocycles. The van der Waals surface area contributed by atoms with Gasteiger partial charge < -0.3 is 8.98 Å². The van der Waals surface area contributed by atoms with Crippen molar-refractivity contribution in [3.05, 3.63) is 140 Å². The molecule has 194 valence electrons. The van der Waals surface area contributed by atoms with Crippen LogP contribution >= 0.6 is 0 Å². The maximum Gasteiger partial charge on any atom is 0.143 e. The molecule has 0 bridgehead atoms. The molecule has 42 heavy (non-hydrogen) atoms. The Morgan fingerprint density at radius 3 is 2.02 bits per heavy atom. The average Bonchev–Trinajstić information content (AvgIpc) is 3.59. The third-order valence-corrected chi connectivity index (χ3v) is 9.13. The summed E-state index contributed by atoms with van der Waals surface area (Å²) in [5.74, 6) is 0. The van der Waals surface area contributed by atoms with Crippen molar-refractivity contribution in [2.24, 2.45) is 0 Å². The fraction of sp³-hybridized carbons (Fsp3) is 0. The van der Waals surface area contributed by atoms with Crippen molar-refractivity contribution in [2.75, 3.05) is 0 Å². The van der Waals surface area contributed by atoms with Crippen molar-refractivity contribution in [1.82, 2.24) is 4.57 Å². The van der Waals surface area contributed by atoms with E-state index in [0.29, 0.717) is 0 Å². The fourth-order valence-corrected chi connectivity index (χ4v) is 7.29. The number of hydrogen-bond donors (Lipinski definition) is 0. The van der Waals surface area contributed by atoms with Crippen molar-refractivity contribution in [2.45, 2.75) is 0 Å². The molecule has 0 fully saturated rings. The van der Waals surface area contributed by atoms with Gasteiger partial charge in [-0.1, -0.05) is 109 Å². The standard InChI is InChI=1S/C40H23NO/c1-3-13-34-29(9-1)33-23-27(28-11-6-12-31-30-10-2-4-14-37(30)42-40(28)31)19-22-36(33)41(34)35-21-18-26-16-15-24-7-5-8-25-17-20-32(35)39(26)38(24)25/h1-23H. The van der Waals surface area contributed by atoms with Crippen LogP contribution in [0.5, 0.6) is 0 Å². The van der Waals surface area contributed by atoms with E-state index < -0.39 is 0 Å². The van der Waals surface area contributed by atoms with Crippen LogP contribution < -0.4 is 0 Å². The van der Waals surface area contributed by atoms with Crippen molar-refractivity contribution in [3.63, 3.8) is 0 Å². The highest BCUT2D eigenvalue weighted by molar-refractivity contribution is 6.25. The highest BCUT2D eigenvalue weighted by Crippen LogP contribution is 2.42. The Hall–Kier alpha value is -5.60. The first-order valence-corrected chi connectivity index (χ1v) is 14.4. The summed E-state index contributed by atoms with van der Waals surface area (Å²) < 4.78 is 8.86. The largest absolute Gasteiger partial charge is 0.455 e. The molecule has 0 radical (unpaired) electrons. The molecule has 2 heteroatoms. The van der Waals surface area contributed by atoms with Crippen molar-refractivity contribution in [3.8, 4) is 16.8 Å². The molecule has 2 nitrogen and oxygen atoms in total. The van der Waals surface area contributed by atoms with Crippen LogP contribution in [0.4, 0.5) is 0 Å². The van der Waals surface area contributed by atoms with E-state index in [1.54, 1.807) is 0 Å². The van der Waals surface area contributed by atoms with Gasteiger partial charge >= 0.3 is 0 Å². The Labute approximate surface area is 241 Å². The van der Waals surface area contributed by atoms with Gasteiger partial charge in [-0.15, -0.1) is 0 Å². The van der Waals surface area contributed by atoms with Crippen LogP contribution in [-0.2, 0) is 0 Å². The topological polar surface area (TPSA) is 18.1 Å². The lowest BCUT2D eigenvalue weighted by molar-refractivity contribution is 0.670. The van der Waals surface area contributed by atoms with Gasteiger partial charge in [-0.3, -0.25) is 0 Å². The van der Waals surface area contributed by atoms with E-state index in [0.717, 1.165) is 33.1 Å². The number of hydrogen-bond acceptors (Lipinski definition) is 1. The minimum absolute atomic E-state index is 0.923. The molecule has 0 aliphatic rings. The van der Waals surface area contributed by atoms with Crippen LogP contribution in [0.2, 0.25) is 0 Å². The zero-order valence-corrected chi connectivity index (χ0v) is 22.6. The summed E-state index contributed by atoms with van der Waals surface area (Å²) >= 11 is 0. The molecule has 0 saturated carbocycles. The van der Waals surface area contributed by atoms with Crippen molar-refractivity contribution >= 4 is 76.1 Å². The van der Waals surface area contributed by atoms with Gasteiger partial charge in [-0.25, -0.2) is 0 Å². The number of aromatic nitrogens is 1. The second-order valence-electron chi connectivity index (χ2n) is 11.3. The normalized spacial score (nSPS) is 12.3. The van der Waals surface area contributed by atoms with E-state index in [1.807, 2.05) is 12.1 Å². The number of furan rings is 1. The van der Waals surface area contributed by atoms with Gasteiger partial charge in [0.2, 0.25) is 0 Å². The van der Waals surface area contributed by atoms with Crippen molar-refractivity contribution < 1.29 is 4.42 Å². The molecule has 0 amide bonds. The molecular weight excluding hydrogens is 510 g/mol. The zero-order chi connectivity index (χ0) is 27.4. The Morgan fingerprint density at radius 1 is 0.429 bits per heavy atom. The lowest BCUT2D eigenvalue weighted by Gasteiger charge is -2.16. The Bertz CT molecular complexity index is 2670. The number of fused-ring (bicyclic) bond motifs is 6. The first-order chi connectivity index (χ1) is 20.8. The summed E-state index contributed by atoms with van der Waals surface area (Å²) in [7, 11) is 0. The lowest BCUT2D eigenvalue weighted by Crippen LogP contribution is -1.96. The van der Waals surface area contributed by atoms with E-state index >= 15 is 0 Å². The minimum Gasteiger partial charge on any atom is -0.455 e. The van der Waals surface area contributed by atoms with Crippen LogP contribution in [-0.4, -0.2) is 4.57 Å². The molecule has 10 aromatic rings. The quantitative estimate of drug-likeness (QED) is 0.202. The molecule has 10 rings (SSSR count). The van der Waals surface area contributed by atoms with Crippen LogP contribution in [0, 0.1) is 0 Å². The second kappa shape index (κ2) is 7.99. The Kier molecular flexibility index (Phi) is 4.21. The molecule has 0 N–H and O–H groups in total. The molecule has 0 unspecified atom stereocenters. The van der Waals surface area contributed by atoms with E-state index in [-0.39, 0.29) is 0 Å². The van der Waals surface area contributed by atoms with Gasteiger partial charge in [0.15, 0.2) is 0 Å². The van der Waals surface area contributed by atoms with E-state index in [2.05, 4.69) is 132 Å². The van der Waals surface area contributed by atoms with Crippen LogP contribution in [0.15, 0.2) is 144 Å². The van der Waals surface area contributed by atoms with Gasteiger partial charge in [0, 0.05) is 32.5 Å². The first kappa shape index (κ1) is 22.1. The molecule has 8 aromatic carbocycles. The average molecular weight is 534 g/mol. The second-order valence-corrected chi connectivity index (χ2v) is 11.3. The summed E-state index contributed by atoms with van der Waals surface area (Å²) in [5.41, 5.74) is 7.75. The van der Waals surface area contributed by atoms with Crippen molar-refractivity contribution in [1.29, 1.82) is 0 Å². The van der Waals surface area contributed by atoms with Gasteiger partial charge in [0.25, 0.3) is 0 Å². The maximum absolute atomic E-state index is 6.41. The summed E-state index contributed by atoms with van der Waals surface area (Å²) in [5, 5.41) is 12.6. The third kappa shape index (κ3) is 2.83. The lowest BCUT2D eigenvalue weighted by atomic mass is 9.93. The molecule has 0 saturated heterocycles. The predicted octanol–water partition coefficient (Wildman–Crippen LogP) is 11.2.